The van der Waals surface area contributed by atoms with Gasteiger partial charge in [-0.05, 0) is 18.6 Å². The van der Waals surface area contributed by atoms with Crippen molar-refractivity contribution in [2.45, 2.75) is 12.8 Å². The van der Waals surface area contributed by atoms with E-state index in [1.807, 2.05) is 0 Å². The van der Waals surface area contributed by atoms with E-state index >= 15 is 0 Å². The molecule has 1 aliphatic heterocycles. The average Bonchev–Trinajstić information content (AvgIpc) is 2.70. The van der Waals surface area contributed by atoms with E-state index in [1.165, 1.54) is 4.90 Å². The zero-order chi connectivity index (χ0) is 14.5. The van der Waals surface area contributed by atoms with Gasteiger partial charge in [-0.1, -0.05) is 12.1 Å². The Hall–Kier alpha value is -2.21. The number of nitrogens with one attached hydrogen (secondary N) is 1. The molecule has 1 aliphatic rings. The molecule has 20 heavy (non-hydrogen) atoms. The smallest absolute Gasteiger partial charge is 0.261 e. The Bertz CT molecular complexity index is 507. The molecule has 0 atom stereocenters. The van der Waals surface area contributed by atoms with Crippen molar-refractivity contribution in [3.05, 3.63) is 35.4 Å². The normalized spacial score (nSPS) is 13.6. The lowest BCUT2D eigenvalue weighted by molar-refractivity contribution is -0.121. The van der Waals surface area contributed by atoms with Gasteiger partial charge in [-0.15, -0.1) is 0 Å². The molecule has 3 N–H and O–H groups in total. The molecule has 0 saturated carbocycles. The fourth-order valence-corrected chi connectivity index (χ4v) is 2.14. The Kier molecular flexibility index (Phi) is 4.47. The Morgan fingerprint density at radius 1 is 1.15 bits per heavy atom. The summed E-state index contributed by atoms with van der Waals surface area (Å²) in [6.07, 6.45) is 0.718. The van der Waals surface area contributed by atoms with Crippen LogP contribution in [-0.4, -0.2) is 42.3 Å². The van der Waals surface area contributed by atoms with Gasteiger partial charge in [-0.25, -0.2) is 0 Å². The maximum Gasteiger partial charge on any atom is 0.261 e. The third-order valence-electron chi connectivity index (χ3n) is 3.13. The minimum absolute atomic E-state index is 0.118. The third kappa shape index (κ3) is 2.85. The molecular weight excluding hydrogens is 258 g/mol. The van der Waals surface area contributed by atoms with Gasteiger partial charge in [0.05, 0.1) is 11.1 Å². The van der Waals surface area contributed by atoms with E-state index in [4.69, 9.17) is 5.73 Å². The van der Waals surface area contributed by atoms with Crippen molar-refractivity contribution in [1.29, 1.82) is 0 Å². The topological polar surface area (TPSA) is 92.5 Å². The van der Waals surface area contributed by atoms with E-state index < -0.39 is 0 Å². The molecule has 0 saturated heterocycles. The maximum absolute atomic E-state index is 12.0. The first-order valence-electron chi connectivity index (χ1n) is 6.57. The SMILES string of the molecule is NCCNC(=O)CCCN1C(=O)c2ccccc2C1=O. The van der Waals surface area contributed by atoms with Gasteiger partial charge in [0.1, 0.15) is 0 Å². The molecule has 1 aromatic carbocycles. The van der Waals surface area contributed by atoms with Crippen molar-refractivity contribution in [1.82, 2.24) is 10.2 Å². The summed E-state index contributed by atoms with van der Waals surface area (Å²) in [7, 11) is 0. The van der Waals surface area contributed by atoms with Gasteiger partial charge in [-0.3, -0.25) is 19.3 Å². The van der Waals surface area contributed by atoms with Gasteiger partial charge >= 0.3 is 0 Å². The number of hydrogen-bond donors (Lipinski definition) is 2. The number of rotatable bonds is 6. The first-order valence-corrected chi connectivity index (χ1v) is 6.57. The second-order valence-corrected chi connectivity index (χ2v) is 4.55. The number of carbonyl (C=O) groups excluding carboxylic acids is 3. The monoisotopic (exact) mass is 275 g/mol. The van der Waals surface area contributed by atoms with Gasteiger partial charge in [0, 0.05) is 26.1 Å². The molecule has 3 amide bonds. The fraction of sp³-hybridized carbons (Fsp3) is 0.357. The molecule has 106 valence electrons. The molecule has 2 rings (SSSR count). The molecule has 0 fully saturated rings. The molecule has 0 bridgehead atoms. The highest BCUT2D eigenvalue weighted by molar-refractivity contribution is 6.21. The molecule has 0 aliphatic carbocycles. The summed E-state index contributed by atoms with van der Waals surface area (Å²) >= 11 is 0. The van der Waals surface area contributed by atoms with E-state index in [0.29, 0.717) is 30.6 Å². The molecule has 6 heteroatoms. The number of fused-ring (bicyclic) bond motifs is 1. The minimum atomic E-state index is -0.284. The molecule has 6 nitrogen and oxygen atoms in total. The molecule has 0 unspecified atom stereocenters. The van der Waals surface area contributed by atoms with E-state index in [0.717, 1.165) is 0 Å². The highest BCUT2D eigenvalue weighted by Gasteiger charge is 2.34. The summed E-state index contributed by atoms with van der Waals surface area (Å²) < 4.78 is 0. The molecule has 0 radical (unpaired) electrons. The van der Waals surface area contributed by atoms with Gasteiger partial charge in [0.15, 0.2) is 0 Å². The number of amides is 3. The molecule has 0 aromatic heterocycles. The van der Waals surface area contributed by atoms with Crippen LogP contribution in [0.25, 0.3) is 0 Å². The summed E-state index contributed by atoms with van der Waals surface area (Å²) in [6.45, 7) is 1.08. The zero-order valence-electron chi connectivity index (χ0n) is 11.1. The Morgan fingerprint density at radius 3 is 2.30 bits per heavy atom. The molecular formula is C14H17N3O3. The number of hydrogen-bond acceptors (Lipinski definition) is 4. The first kappa shape index (κ1) is 14.2. The van der Waals surface area contributed by atoms with Crippen molar-refractivity contribution in [3.63, 3.8) is 0 Å². The second-order valence-electron chi connectivity index (χ2n) is 4.55. The second kappa shape index (κ2) is 6.29. The van der Waals surface area contributed by atoms with Crippen LogP contribution in [0.1, 0.15) is 33.6 Å². The fourth-order valence-electron chi connectivity index (χ4n) is 2.14. The third-order valence-corrected chi connectivity index (χ3v) is 3.13. The van der Waals surface area contributed by atoms with Crippen LogP contribution in [0, 0.1) is 0 Å². The number of nitrogens with zero attached hydrogens (tertiary/aromatic N) is 1. The summed E-state index contributed by atoms with van der Waals surface area (Å²) in [5.41, 5.74) is 6.15. The van der Waals surface area contributed by atoms with Crippen LogP contribution in [0.5, 0.6) is 0 Å². The summed E-state index contributed by atoms with van der Waals surface area (Å²) in [5, 5.41) is 2.64. The van der Waals surface area contributed by atoms with Gasteiger partial charge in [0.2, 0.25) is 5.91 Å². The van der Waals surface area contributed by atoms with E-state index in [2.05, 4.69) is 5.32 Å². The first-order chi connectivity index (χ1) is 9.65. The largest absolute Gasteiger partial charge is 0.355 e. The minimum Gasteiger partial charge on any atom is -0.355 e. The lowest BCUT2D eigenvalue weighted by Crippen LogP contribution is -2.33. The van der Waals surface area contributed by atoms with Gasteiger partial charge < -0.3 is 11.1 Å². The van der Waals surface area contributed by atoms with Crippen LogP contribution < -0.4 is 11.1 Å². The standard InChI is InChI=1S/C14H17N3O3/c15-7-8-16-12(18)6-3-9-17-13(19)10-4-1-2-5-11(10)14(17)20/h1-2,4-5H,3,6-9,15H2,(H,16,18). The van der Waals surface area contributed by atoms with Crippen molar-refractivity contribution in [3.8, 4) is 0 Å². The van der Waals surface area contributed by atoms with Crippen molar-refractivity contribution < 1.29 is 14.4 Å². The number of benzene rings is 1. The lowest BCUT2D eigenvalue weighted by Gasteiger charge is -2.13. The van der Waals surface area contributed by atoms with Gasteiger partial charge in [-0.2, -0.15) is 0 Å². The highest BCUT2D eigenvalue weighted by atomic mass is 16.2. The average molecular weight is 275 g/mol. The Labute approximate surface area is 116 Å². The quantitative estimate of drug-likeness (QED) is 0.722. The summed E-state index contributed by atoms with van der Waals surface area (Å²) in [5.74, 6) is -0.687. The molecule has 0 spiro atoms. The van der Waals surface area contributed by atoms with Gasteiger partial charge in [0.25, 0.3) is 11.8 Å². The lowest BCUT2D eigenvalue weighted by atomic mass is 10.1. The van der Waals surface area contributed by atoms with Crippen LogP contribution >= 0.6 is 0 Å². The van der Waals surface area contributed by atoms with Crippen LogP contribution in [0.2, 0.25) is 0 Å². The van der Waals surface area contributed by atoms with Crippen LogP contribution in [-0.2, 0) is 4.79 Å². The van der Waals surface area contributed by atoms with E-state index in [-0.39, 0.29) is 30.7 Å². The molecule has 1 aromatic rings. The predicted molar refractivity (Wildman–Crippen MR) is 73.1 cm³/mol. The van der Waals surface area contributed by atoms with E-state index in [9.17, 15) is 14.4 Å². The summed E-state index contributed by atoms with van der Waals surface area (Å²) in [6, 6.07) is 6.74. The zero-order valence-corrected chi connectivity index (χ0v) is 11.1. The predicted octanol–water partition coefficient (Wildman–Crippen LogP) is 0.138. The maximum atomic E-state index is 12.0. The number of nitrogens with two attached hydrogens (primary N) is 1. The Balaban J connectivity index is 1.88. The van der Waals surface area contributed by atoms with Crippen LogP contribution in [0.15, 0.2) is 24.3 Å². The van der Waals surface area contributed by atoms with Crippen molar-refractivity contribution >= 4 is 17.7 Å². The number of imide groups is 1. The Morgan fingerprint density at radius 2 is 1.75 bits per heavy atom. The van der Waals surface area contributed by atoms with Crippen LogP contribution in [0.3, 0.4) is 0 Å². The van der Waals surface area contributed by atoms with Crippen LogP contribution in [0.4, 0.5) is 0 Å². The van der Waals surface area contributed by atoms with Crippen molar-refractivity contribution in [2.24, 2.45) is 5.73 Å². The highest BCUT2D eigenvalue weighted by Crippen LogP contribution is 2.22. The molecule has 1 heterocycles. The summed E-state index contributed by atoms with van der Waals surface area (Å²) in [4.78, 5) is 36.7. The van der Waals surface area contributed by atoms with E-state index in [1.54, 1.807) is 24.3 Å². The van der Waals surface area contributed by atoms with Crippen molar-refractivity contribution in [2.75, 3.05) is 19.6 Å². The number of carbonyl (C=O) groups is 3.